The number of anilines is 1. The molecule has 1 N–H and O–H groups in total. The molecule has 0 spiro atoms. The van der Waals surface area contributed by atoms with Gasteiger partial charge in [0.05, 0.1) is 0 Å². The van der Waals surface area contributed by atoms with Crippen LogP contribution in [0.3, 0.4) is 0 Å². The van der Waals surface area contributed by atoms with Crippen LogP contribution >= 0.6 is 12.2 Å². The SMILES string of the molecule is S=CCNc1ccccc1C(c1ccccc1)c1ccccc1. The van der Waals surface area contributed by atoms with Gasteiger partial charge in [-0.3, -0.25) is 0 Å². The summed E-state index contributed by atoms with van der Waals surface area (Å²) in [6.45, 7) is 0.683. The molecule has 0 amide bonds. The van der Waals surface area contributed by atoms with Crippen molar-refractivity contribution in [1.29, 1.82) is 0 Å². The van der Waals surface area contributed by atoms with E-state index in [0.717, 1.165) is 5.69 Å². The van der Waals surface area contributed by atoms with E-state index in [9.17, 15) is 0 Å². The predicted molar refractivity (Wildman–Crippen MR) is 102 cm³/mol. The van der Waals surface area contributed by atoms with E-state index in [-0.39, 0.29) is 5.92 Å². The monoisotopic (exact) mass is 317 g/mol. The number of thiocarbonyl (C=S) groups is 1. The molecule has 114 valence electrons. The molecule has 0 bridgehead atoms. The zero-order valence-corrected chi connectivity index (χ0v) is 13.7. The molecule has 3 rings (SSSR count). The zero-order chi connectivity index (χ0) is 15.9. The van der Waals surface area contributed by atoms with E-state index in [2.05, 4.69) is 90.2 Å². The van der Waals surface area contributed by atoms with Gasteiger partial charge in [-0.05, 0) is 28.1 Å². The lowest BCUT2D eigenvalue weighted by molar-refractivity contribution is 0.977. The number of hydrogen-bond acceptors (Lipinski definition) is 2. The van der Waals surface area contributed by atoms with Crippen molar-refractivity contribution in [1.82, 2.24) is 0 Å². The molecule has 0 aliphatic heterocycles. The number of nitrogens with one attached hydrogen (secondary N) is 1. The Labute approximate surface area is 143 Å². The number of rotatable bonds is 6. The Bertz CT molecular complexity index is 714. The molecular weight excluding hydrogens is 298 g/mol. The summed E-state index contributed by atoms with van der Waals surface area (Å²) >= 11 is 4.96. The lowest BCUT2D eigenvalue weighted by atomic mass is 9.84. The van der Waals surface area contributed by atoms with Crippen LogP contribution in [0.25, 0.3) is 0 Å². The Kier molecular flexibility index (Phi) is 5.17. The highest BCUT2D eigenvalue weighted by molar-refractivity contribution is 7.79. The quantitative estimate of drug-likeness (QED) is 0.490. The molecule has 0 aliphatic carbocycles. The Hall–Kier alpha value is -2.45. The molecule has 2 heteroatoms. The van der Waals surface area contributed by atoms with Crippen LogP contribution < -0.4 is 5.32 Å². The van der Waals surface area contributed by atoms with Crippen molar-refractivity contribution in [2.45, 2.75) is 5.92 Å². The third-order valence-corrected chi connectivity index (χ3v) is 4.08. The summed E-state index contributed by atoms with van der Waals surface area (Å²) in [4.78, 5) is 0. The Morgan fingerprint density at radius 2 is 1.26 bits per heavy atom. The lowest BCUT2D eigenvalue weighted by Crippen LogP contribution is -2.09. The van der Waals surface area contributed by atoms with E-state index >= 15 is 0 Å². The van der Waals surface area contributed by atoms with Crippen LogP contribution in [0.5, 0.6) is 0 Å². The van der Waals surface area contributed by atoms with E-state index in [1.54, 1.807) is 5.37 Å². The average Bonchev–Trinajstić information content (AvgIpc) is 2.63. The van der Waals surface area contributed by atoms with Gasteiger partial charge in [0.2, 0.25) is 0 Å². The van der Waals surface area contributed by atoms with E-state index in [1.807, 2.05) is 0 Å². The molecule has 0 radical (unpaired) electrons. The minimum atomic E-state index is 0.200. The van der Waals surface area contributed by atoms with E-state index in [4.69, 9.17) is 12.2 Å². The maximum Gasteiger partial charge on any atom is 0.0434 e. The van der Waals surface area contributed by atoms with Crippen molar-refractivity contribution in [3.8, 4) is 0 Å². The summed E-state index contributed by atoms with van der Waals surface area (Å²) in [5.41, 5.74) is 4.97. The van der Waals surface area contributed by atoms with Crippen LogP contribution in [0.15, 0.2) is 84.9 Å². The second kappa shape index (κ2) is 7.70. The predicted octanol–water partition coefficient (Wildman–Crippen LogP) is 5.28. The van der Waals surface area contributed by atoms with Gasteiger partial charge in [-0.1, -0.05) is 91.1 Å². The third-order valence-electron chi connectivity index (χ3n) is 3.91. The van der Waals surface area contributed by atoms with Crippen LogP contribution in [0, 0.1) is 0 Å². The molecule has 0 atom stereocenters. The van der Waals surface area contributed by atoms with E-state index in [1.165, 1.54) is 16.7 Å². The van der Waals surface area contributed by atoms with Gasteiger partial charge in [-0.25, -0.2) is 0 Å². The second-order valence-corrected chi connectivity index (χ2v) is 5.72. The second-order valence-electron chi connectivity index (χ2n) is 5.39. The molecule has 0 aliphatic rings. The molecule has 3 aromatic carbocycles. The third kappa shape index (κ3) is 3.66. The molecule has 0 saturated heterocycles. The molecule has 0 fully saturated rings. The molecule has 23 heavy (non-hydrogen) atoms. The first kappa shape index (κ1) is 15.4. The van der Waals surface area contributed by atoms with E-state index in [0.29, 0.717) is 6.54 Å². The van der Waals surface area contributed by atoms with Gasteiger partial charge in [0, 0.05) is 18.2 Å². The molecule has 0 heterocycles. The largest absolute Gasteiger partial charge is 0.380 e. The standard InChI is InChI=1S/C21H19NS/c23-16-15-22-20-14-8-7-13-19(20)21(17-9-3-1-4-10-17)18-11-5-2-6-12-18/h1-14,16,21-22H,15H2. The number of benzene rings is 3. The van der Waals surface area contributed by atoms with Crippen molar-refractivity contribution >= 4 is 23.3 Å². The molecule has 0 saturated carbocycles. The summed E-state index contributed by atoms with van der Waals surface area (Å²) in [7, 11) is 0. The van der Waals surface area contributed by atoms with Gasteiger partial charge in [0.1, 0.15) is 0 Å². The van der Waals surface area contributed by atoms with Crippen molar-refractivity contribution in [2.75, 3.05) is 11.9 Å². The molecule has 0 unspecified atom stereocenters. The summed E-state index contributed by atoms with van der Waals surface area (Å²) in [5.74, 6) is 0.200. The van der Waals surface area contributed by atoms with Gasteiger partial charge in [-0.15, -0.1) is 0 Å². The van der Waals surface area contributed by atoms with Crippen LogP contribution in [0.4, 0.5) is 5.69 Å². The van der Waals surface area contributed by atoms with Gasteiger partial charge >= 0.3 is 0 Å². The highest BCUT2D eigenvalue weighted by Crippen LogP contribution is 2.35. The summed E-state index contributed by atoms with van der Waals surface area (Å²) < 4.78 is 0. The van der Waals surface area contributed by atoms with Gasteiger partial charge in [-0.2, -0.15) is 0 Å². The zero-order valence-electron chi connectivity index (χ0n) is 12.9. The maximum atomic E-state index is 4.96. The molecule has 1 nitrogen and oxygen atoms in total. The normalized spacial score (nSPS) is 10.5. The highest BCUT2D eigenvalue weighted by atomic mass is 32.1. The van der Waals surface area contributed by atoms with Gasteiger partial charge in [0.15, 0.2) is 0 Å². The summed E-state index contributed by atoms with van der Waals surface area (Å²) in [6.07, 6.45) is 0. The van der Waals surface area contributed by atoms with Gasteiger partial charge in [0.25, 0.3) is 0 Å². The molecule has 3 aromatic rings. The summed E-state index contributed by atoms with van der Waals surface area (Å²) in [5, 5.41) is 5.14. The Morgan fingerprint density at radius 3 is 1.83 bits per heavy atom. The average molecular weight is 317 g/mol. The maximum absolute atomic E-state index is 4.96. The van der Waals surface area contributed by atoms with Crippen molar-refractivity contribution in [3.63, 3.8) is 0 Å². The summed E-state index contributed by atoms with van der Waals surface area (Å²) in [6, 6.07) is 29.7. The number of para-hydroxylation sites is 1. The first-order chi connectivity index (χ1) is 11.4. The number of hydrogen-bond donors (Lipinski definition) is 1. The topological polar surface area (TPSA) is 12.0 Å². The van der Waals surface area contributed by atoms with E-state index < -0.39 is 0 Å². The van der Waals surface area contributed by atoms with Crippen molar-refractivity contribution < 1.29 is 0 Å². The minimum absolute atomic E-state index is 0.200. The van der Waals surface area contributed by atoms with Crippen LogP contribution in [0.2, 0.25) is 0 Å². The first-order valence-corrected chi connectivity index (χ1v) is 8.23. The minimum Gasteiger partial charge on any atom is -0.380 e. The Balaban J connectivity index is 2.11. The fourth-order valence-electron chi connectivity index (χ4n) is 2.90. The van der Waals surface area contributed by atoms with Crippen LogP contribution in [-0.4, -0.2) is 11.9 Å². The highest BCUT2D eigenvalue weighted by Gasteiger charge is 2.18. The lowest BCUT2D eigenvalue weighted by Gasteiger charge is -2.22. The van der Waals surface area contributed by atoms with Crippen molar-refractivity contribution in [3.05, 3.63) is 102 Å². The smallest absolute Gasteiger partial charge is 0.0434 e. The Morgan fingerprint density at radius 1 is 0.739 bits per heavy atom. The molecular formula is C21H19NS. The fourth-order valence-corrected chi connectivity index (χ4v) is 2.99. The van der Waals surface area contributed by atoms with Crippen LogP contribution in [-0.2, 0) is 0 Å². The van der Waals surface area contributed by atoms with Gasteiger partial charge < -0.3 is 5.32 Å². The fraction of sp³-hybridized carbons (Fsp3) is 0.0952. The van der Waals surface area contributed by atoms with Crippen molar-refractivity contribution in [2.24, 2.45) is 0 Å². The molecule has 0 aromatic heterocycles. The first-order valence-electron chi connectivity index (χ1n) is 7.76. The van der Waals surface area contributed by atoms with Crippen LogP contribution in [0.1, 0.15) is 22.6 Å².